The molecule has 1 amide bonds. The number of carbonyl (C=O) groups is 1. The van der Waals surface area contributed by atoms with Crippen molar-refractivity contribution in [2.75, 3.05) is 11.1 Å². The monoisotopic (exact) mass is 405 g/mol. The maximum Gasteiger partial charge on any atom is 0.271 e. The number of amides is 1. The minimum Gasteiger partial charge on any atom is -0.301 e. The summed E-state index contributed by atoms with van der Waals surface area (Å²) in [6, 6.07) is 5.81. The number of nitrogens with one attached hydrogen (secondary N) is 2. The molecule has 2 heterocycles. The van der Waals surface area contributed by atoms with Crippen molar-refractivity contribution in [3.05, 3.63) is 50.4 Å². The van der Waals surface area contributed by atoms with E-state index in [2.05, 4.69) is 20.3 Å². The molecule has 140 valence electrons. The Labute approximate surface area is 161 Å². The molecule has 11 heteroatoms. The number of H-pyrrole nitrogens is 1. The third-order valence-electron chi connectivity index (χ3n) is 3.45. The highest BCUT2D eigenvalue weighted by atomic mass is 32.2. The zero-order chi connectivity index (χ0) is 19.4. The molecule has 9 nitrogen and oxygen atoms in total. The standard InChI is InChI=1S/C16H15N5O4S2/c1-2-3-9-6-13(22)19-15(17-9)26-8-14(23)20-16-18-11-7-10(21(24)25)4-5-12(11)27-16/h4-7H,2-3,8H2,1H3,(H,17,19,22)(H,18,20,23). The second-order valence-corrected chi connectivity index (χ2v) is 7.55. The summed E-state index contributed by atoms with van der Waals surface area (Å²) in [6.07, 6.45) is 1.57. The van der Waals surface area contributed by atoms with E-state index in [1.54, 1.807) is 6.07 Å². The normalized spacial score (nSPS) is 10.9. The van der Waals surface area contributed by atoms with Gasteiger partial charge in [0.2, 0.25) is 5.91 Å². The number of aromatic nitrogens is 3. The van der Waals surface area contributed by atoms with Gasteiger partial charge < -0.3 is 10.3 Å². The fraction of sp³-hybridized carbons (Fsp3) is 0.250. The lowest BCUT2D eigenvalue weighted by molar-refractivity contribution is -0.384. The number of aromatic amines is 1. The van der Waals surface area contributed by atoms with Crippen LogP contribution >= 0.6 is 23.1 Å². The van der Waals surface area contributed by atoms with E-state index in [0.717, 1.165) is 22.9 Å². The third kappa shape index (κ3) is 4.89. The van der Waals surface area contributed by atoms with Crippen LogP contribution in [0.25, 0.3) is 10.2 Å². The smallest absolute Gasteiger partial charge is 0.271 e. The molecular formula is C16H15N5O4S2. The van der Waals surface area contributed by atoms with Crippen LogP contribution < -0.4 is 10.9 Å². The molecule has 0 saturated heterocycles. The number of rotatable bonds is 7. The molecule has 0 aliphatic heterocycles. The highest BCUT2D eigenvalue weighted by Crippen LogP contribution is 2.29. The Morgan fingerprint density at radius 2 is 2.19 bits per heavy atom. The van der Waals surface area contributed by atoms with Gasteiger partial charge in [-0.15, -0.1) is 0 Å². The van der Waals surface area contributed by atoms with Crippen LogP contribution in [0, 0.1) is 10.1 Å². The van der Waals surface area contributed by atoms with Gasteiger partial charge in [-0.25, -0.2) is 9.97 Å². The van der Waals surface area contributed by atoms with E-state index in [0.29, 0.717) is 27.9 Å². The van der Waals surface area contributed by atoms with Gasteiger partial charge in [0, 0.05) is 23.9 Å². The Morgan fingerprint density at radius 1 is 1.37 bits per heavy atom. The summed E-state index contributed by atoms with van der Waals surface area (Å²) in [5, 5.41) is 14.2. The zero-order valence-electron chi connectivity index (χ0n) is 14.2. The van der Waals surface area contributed by atoms with Crippen molar-refractivity contribution < 1.29 is 9.72 Å². The van der Waals surface area contributed by atoms with Crippen molar-refractivity contribution in [2.24, 2.45) is 0 Å². The van der Waals surface area contributed by atoms with Gasteiger partial charge in [0.1, 0.15) is 0 Å². The molecule has 0 radical (unpaired) electrons. The van der Waals surface area contributed by atoms with Crippen LogP contribution in [-0.2, 0) is 11.2 Å². The van der Waals surface area contributed by atoms with Crippen molar-refractivity contribution in [1.29, 1.82) is 0 Å². The van der Waals surface area contributed by atoms with Crippen molar-refractivity contribution in [1.82, 2.24) is 15.0 Å². The van der Waals surface area contributed by atoms with Crippen LogP contribution in [-0.4, -0.2) is 31.5 Å². The van der Waals surface area contributed by atoms with Gasteiger partial charge in [-0.1, -0.05) is 36.4 Å². The molecule has 0 spiro atoms. The first kappa shape index (κ1) is 19.0. The molecule has 0 aliphatic carbocycles. The van der Waals surface area contributed by atoms with Crippen molar-refractivity contribution in [3.63, 3.8) is 0 Å². The summed E-state index contributed by atoms with van der Waals surface area (Å²) in [6.45, 7) is 2.00. The number of fused-ring (bicyclic) bond motifs is 1. The Kier molecular flexibility index (Phi) is 5.81. The van der Waals surface area contributed by atoms with Gasteiger partial charge in [-0.3, -0.25) is 19.7 Å². The second-order valence-electron chi connectivity index (χ2n) is 5.56. The second kappa shape index (κ2) is 8.27. The number of thioether (sulfide) groups is 1. The van der Waals surface area contributed by atoms with Crippen LogP contribution in [0.2, 0.25) is 0 Å². The van der Waals surface area contributed by atoms with E-state index in [9.17, 15) is 19.7 Å². The van der Waals surface area contributed by atoms with Crippen LogP contribution in [0.1, 0.15) is 19.0 Å². The van der Waals surface area contributed by atoms with Gasteiger partial charge in [0.15, 0.2) is 10.3 Å². The highest BCUT2D eigenvalue weighted by molar-refractivity contribution is 7.99. The molecule has 0 unspecified atom stereocenters. The number of aryl methyl sites for hydroxylation is 1. The Hall–Kier alpha value is -2.79. The zero-order valence-corrected chi connectivity index (χ0v) is 15.9. The van der Waals surface area contributed by atoms with E-state index >= 15 is 0 Å². The Morgan fingerprint density at radius 3 is 2.93 bits per heavy atom. The molecule has 3 aromatic rings. The fourth-order valence-electron chi connectivity index (χ4n) is 2.31. The summed E-state index contributed by atoms with van der Waals surface area (Å²) in [5.41, 5.74) is 0.847. The number of benzene rings is 1. The summed E-state index contributed by atoms with van der Waals surface area (Å²) in [4.78, 5) is 45.2. The van der Waals surface area contributed by atoms with Crippen LogP contribution in [0.15, 0.2) is 34.2 Å². The number of carbonyl (C=O) groups excluding carboxylic acids is 1. The number of hydrogen-bond acceptors (Lipinski definition) is 8. The lowest BCUT2D eigenvalue weighted by Gasteiger charge is -2.03. The van der Waals surface area contributed by atoms with Crippen molar-refractivity contribution >= 4 is 50.0 Å². The number of nitrogens with zero attached hydrogens (tertiary/aromatic N) is 3. The Bertz CT molecular complexity index is 1060. The first-order valence-corrected chi connectivity index (χ1v) is 9.82. The molecule has 0 fully saturated rings. The SMILES string of the molecule is CCCc1cc(=O)[nH]c(SCC(=O)Nc2nc3cc([N+](=O)[O-])ccc3s2)n1. The fourth-order valence-corrected chi connectivity index (χ4v) is 3.87. The van der Waals surface area contributed by atoms with Gasteiger partial charge in [-0.2, -0.15) is 0 Å². The summed E-state index contributed by atoms with van der Waals surface area (Å²) >= 11 is 2.35. The van der Waals surface area contributed by atoms with Gasteiger partial charge in [-0.05, 0) is 12.5 Å². The average molecular weight is 405 g/mol. The molecule has 0 aliphatic rings. The molecular weight excluding hydrogens is 390 g/mol. The quantitative estimate of drug-likeness (QED) is 0.267. The minimum atomic E-state index is -0.492. The molecule has 2 N–H and O–H groups in total. The van der Waals surface area contributed by atoms with Gasteiger partial charge in [0.05, 0.1) is 20.9 Å². The van der Waals surface area contributed by atoms with Gasteiger partial charge >= 0.3 is 0 Å². The predicted molar refractivity (Wildman–Crippen MR) is 104 cm³/mol. The van der Waals surface area contributed by atoms with Crippen LogP contribution in [0.3, 0.4) is 0 Å². The molecule has 0 bridgehead atoms. The van der Waals surface area contributed by atoms with Gasteiger partial charge in [0.25, 0.3) is 11.2 Å². The first-order valence-electron chi connectivity index (χ1n) is 8.02. The molecule has 0 saturated carbocycles. The molecule has 1 aromatic carbocycles. The predicted octanol–water partition coefficient (Wildman–Crippen LogP) is 2.97. The molecule has 0 atom stereocenters. The highest BCUT2D eigenvalue weighted by Gasteiger charge is 2.13. The number of nitro groups is 1. The Balaban J connectivity index is 1.65. The number of anilines is 1. The molecule has 3 rings (SSSR count). The maximum atomic E-state index is 12.1. The lowest BCUT2D eigenvalue weighted by atomic mass is 10.2. The molecule has 27 heavy (non-hydrogen) atoms. The number of thiazole rings is 1. The van der Waals surface area contributed by atoms with E-state index in [4.69, 9.17) is 0 Å². The minimum absolute atomic E-state index is 0.0502. The third-order valence-corrected chi connectivity index (χ3v) is 5.27. The number of non-ortho nitro benzene ring substituents is 1. The topological polar surface area (TPSA) is 131 Å². The summed E-state index contributed by atoms with van der Waals surface area (Å²) in [7, 11) is 0. The first-order chi connectivity index (χ1) is 12.9. The van der Waals surface area contributed by atoms with Crippen molar-refractivity contribution in [2.45, 2.75) is 24.9 Å². The maximum absolute atomic E-state index is 12.1. The number of hydrogen-bond donors (Lipinski definition) is 2. The summed E-state index contributed by atoms with van der Waals surface area (Å²) < 4.78 is 0.738. The number of nitro benzene ring substituents is 1. The lowest BCUT2D eigenvalue weighted by Crippen LogP contribution is -2.15. The van der Waals surface area contributed by atoms with E-state index in [1.165, 1.54) is 29.5 Å². The van der Waals surface area contributed by atoms with E-state index < -0.39 is 4.92 Å². The van der Waals surface area contributed by atoms with E-state index in [-0.39, 0.29) is 22.9 Å². The van der Waals surface area contributed by atoms with Crippen LogP contribution in [0.5, 0.6) is 0 Å². The average Bonchev–Trinajstić information content (AvgIpc) is 3.01. The van der Waals surface area contributed by atoms with E-state index in [1.807, 2.05) is 6.92 Å². The largest absolute Gasteiger partial charge is 0.301 e. The summed E-state index contributed by atoms with van der Waals surface area (Å²) in [5.74, 6) is -0.258. The van der Waals surface area contributed by atoms with Crippen LogP contribution in [0.4, 0.5) is 10.8 Å². The molecule has 2 aromatic heterocycles. The van der Waals surface area contributed by atoms with Crippen molar-refractivity contribution in [3.8, 4) is 0 Å².